The third kappa shape index (κ3) is 3.78. The number of ether oxygens (including phenoxy) is 1. The fourth-order valence-corrected chi connectivity index (χ4v) is 2.49. The van der Waals surface area contributed by atoms with Crippen molar-refractivity contribution >= 4 is 23.6 Å². The molecule has 130 valence electrons. The van der Waals surface area contributed by atoms with Crippen molar-refractivity contribution in [1.82, 2.24) is 0 Å². The van der Waals surface area contributed by atoms with Gasteiger partial charge in [0.25, 0.3) is 0 Å². The van der Waals surface area contributed by atoms with Gasteiger partial charge < -0.3 is 9.64 Å². The highest BCUT2D eigenvalue weighted by Crippen LogP contribution is 2.22. The molecule has 0 fully saturated rings. The Morgan fingerprint density at radius 3 is 2.65 bits per heavy atom. The van der Waals surface area contributed by atoms with Crippen LogP contribution in [0.4, 0.5) is 10.1 Å². The molecule has 0 radical (unpaired) electrons. The van der Waals surface area contributed by atoms with Gasteiger partial charge in [0, 0.05) is 19.3 Å². The van der Waals surface area contributed by atoms with Gasteiger partial charge in [-0.2, -0.15) is 5.26 Å². The van der Waals surface area contributed by atoms with E-state index in [0.29, 0.717) is 13.0 Å². The third-order valence-corrected chi connectivity index (χ3v) is 3.92. The zero-order valence-corrected chi connectivity index (χ0v) is 14.1. The van der Waals surface area contributed by atoms with Crippen LogP contribution < -0.4 is 4.90 Å². The van der Waals surface area contributed by atoms with Gasteiger partial charge in [0.05, 0.1) is 18.1 Å². The lowest BCUT2D eigenvalue weighted by Crippen LogP contribution is -2.17. The van der Waals surface area contributed by atoms with Crippen molar-refractivity contribution in [2.75, 3.05) is 18.5 Å². The van der Waals surface area contributed by atoms with Gasteiger partial charge in [0.2, 0.25) is 5.90 Å². The van der Waals surface area contributed by atoms with E-state index in [4.69, 9.17) is 10.00 Å². The van der Waals surface area contributed by atoms with Crippen molar-refractivity contribution in [3.8, 4) is 6.07 Å². The molecule has 26 heavy (non-hydrogen) atoms. The second kappa shape index (κ2) is 7.62. The summed E-state index contributed by atoms with van der Waals surface area (Å²) in [4.78, 5) is 18.1. The van der Waals surface area contributed by atoms with E-state index in [0.717, 1.165) is 11.3 Å². The van der Waals surface area contributed by atoms with Crippen LogP contribution in [0, 0.1) is 17.1 Å². The van der Waals surface area contributed by atoms with Crippen LogP contribution in [0.2, 0.25) is 0 Å². The summed E-state index contributed by atoms with van der Waals surface area (Å²) >= 11 is 0. The number of carbonyl (C=O) groups excluding carboxylic acids is 1. The minimum absolute atomic E-state index is 0.0350. The van der Waals surface area contributed by atoms with E-state index in [1.807, 2.05) is 36.2 Å². The molecule has 1 aliphatic heterocycles. The van der Waals surface area contributed by atoms with Gasteiger partial charge in [-0.1, -0.05) is 24.3 Å². The highest BCUT2D eigenvalue weighted by Gasteiger charge is 2.25. The Labute approximate surface area is 150 Å². The lowest BCUT2D eigenvalue weighted by Gasteiger charge is -2.17. The second-order valence-electron chi connectivity index (χ2n) is 5.74. The summed E-state index contributed by atoms with van der Waals surface area (Å²) in [6, 6.07) is 15.6. The normalized spacial score (nSPS) is 14.7. The summed E-state index contributed by atoms with van der Waals surface area (Å²) in [5.74, 6) is -1.14. The van der Waals surface area contributed by atoms with Crippen LogP contribution in [0.25, 0.3) is 6.08 Å². The summed E-state index contributed by atoms with van der Waals surface area (Å²) in [6.45, 7) is 0.638. The minimum Gasteiger partial charge on any atom is -0.402 e. The molecular formula is C20H16FN3O2. The van der Waals surface area contributed by atoms with Crippen molar-refractivity contribution in [2.24, 2.45) is 4.99 Å². The molecule has 0 N–H and O–H groups in total. The van der Waals surface area contributed by atoms with Crippen LogP contribution in [0.15, 0.2) is 59.2 Å². The smallest absolute Gasteiger partial charge is 0.363 e. The zero-order valence-electron chi connectivity index (χ0n) is 14.1. The van der Waals surface area contributed by atoms with Gasteiger partial charge in [0.15, 0.2) is 5.70 Å². The molecule has 2 aromatic rings. The first-order valence-corrected chi connectivity index (χ1v) is 8.04. The average molecular weight is 349 g/mol. The average Bonchev–Trinajstić information content (AvgIpc) is 3.01. The molecule has 0 unspecified atom stereocenters. The molecule has 1 heterocycles. The maximum Gasteiger partial charge on any atom is 0.363 e. The number of nitriles is 1. The van der Waals surface area contributed by atoms with Gasteiger partial charge in [-0.15, -0.1) is 0 Å². The second-order valence-corrected chi connectivity index (χ2v) is 5.74. The number of benzene rings is 2. The highest BCUT2D eigenvalue weighted by molar-refractivity contribution is 6.12. The Morgan fingerprint density at radius 2 is 1.96 bits per heavy atom. The molecule has 5 nitrogen and oxygen atoms in total. The lowest BCUT2D eigenvalue weighted by atomic mass is 10.1. The molecule has 3 rings (SSSR count). The number of aliphatic imine (C=N–C) groups is 1. The molecule has 1 aliphatic rings. The molecule has 0 spiro atoms. The van der Waals surface area contributed by atoms with E-state index >= 15 is 0 Å². The van der Waals surface area contributed by atoms with E-state index < -0.39 is 11.8 Å². The van der Waals surface area contributed by atoms with E-state index in [2.05, 4.69) is 11.1 Å². The van der Waals surface area contributed by atoms with E-state index in [9.17, 15) is 9.18 Å². The summed E-state index contributed by atoms with van der Waals surface area (Å²) in [7, 11) is 1.91. The lowest BCUT2D eigenvalue weighted by molar-refractivity contribution is -0.129. The Kier molecular flexibility index (Phi) is 5.09. The summed E-state index contributed by atoms with van der Waals surface area (Å²) < 4.78 is 18.9. The monoisotopic (exact) mass is 349 g/mol. The standard InChI is InChI=1S/C20H16FN3O2/c1-24(12-4-11-22)15-9-7-14(8-10-15)13-18-20(25)26-19(23-18)16-5-2-3-6-17(16)21/h2-3,5-10,13H,4,12H2,1H3. The molecule has 0 aromatic heterocycles. The summed E-state index contributed by atoms with van der Waals surface area (Å²) in [5.41, 5.74) is 2.01. The quantitative estimate of drug-likeness (QED) is 0.612. The maximum absolute atomic E-state index is 13.8. The van der Waals surface area contributed by atoms with Gasteiger partial charge >= 0.3 is 5.97 Å². The number of rotatable bonds is 5. The van der Waals surface area contributed by atoms with Crippen LogP contribution in [-0.4, -0.2) is 25.5 Å². The molecular weight excluding hydrogens is 333 g/mol. The number of nitrogens with zero attached hydrogens (tertiary/aromatic N) is 3. The van der Waals surface area contributed by atoms with Gasteiger partial charge in [-0.3, -0.25) is 0 Å². The molecule has 0 aliphatic carbocycles. The Morgan fingerprint density at radius 1 is 1.23 bits per heavy atom. The summed E-state index contributed by atoms with van der Waals surface area (Å²) in [6.07, 6.45) is 2.04. The van der Waals surface area contributed by atoms with E-state index in [-0.39, 0.29) is 17.2 Å². The first kappa shape index (κ1) is 17.4. The molecule has 0 saturated heterocycles. The number of hydrogen-bond donors (Lipinski definition) is 0. The minimum atomic E-state index is -0.613. The SMILES string of the molecule is CN(CCC#N)c1ccc(C=C2N=C(c3ccccc3F)OC2=O)cc1. The number of anilines is 1. The van der Waals surface area contributed by atoms with Gasteiger partial charge in [0.1, 0.15) is 5.82 Å². The fourth-order valence-electron chi connectivity index (χ4n) is 2.49. The van der Waals surface area contributed by atoms with E-state index in [1.165, 1.54) is 12.1 Å². The van der Waals surface area contributed by atoms with Crippen molar-refractivity contribution in [2.45, 2.75) is 6.42 Å². The first-order valence-electron chi connectivity index (χ1n) is 8.04. The zero-order chi connectivity index (χ0) is 18.5. The Hall–Kier alpha value is -3.46. The van der Waals surface area contributed by atoms with Crippen LogP contribution >= 0.6 is 0 Å². The molecule has 0 amide bonds. The van der Waals surface area contributed by atoms with Gasteiger partial charge in [-0.05, 0) is 35.9 Å². The Balaban J connectivity index is 1.80. The number of halogens is 1. The van der Waals surface area contributed by atoms with Crippen molar-refractivity contribution in [1.29, 1.82) is 5.26 Å². The largest absolute Gasteiger partial charge is 0.402 e. The number of hydrogen-bond acceptors (Lipinski definition) is 5. The first-order chi connectivity index (χ1) is 12.6. The number of carbonyl (C=O) groups is 1. The maximum atomic E-state index is 13.8. The van der Waals surface area contributed by atoms with Crippen molar-refractivity contribution in [3.05, 3.63) is 71.2 Å². The van der Waals surface area contributed by atoms with Crippen LogP contribution in [0.1, 0.15) is 17.5 Å². The number of cyclic esters (lactones) is 1. The van der Waals surface area contributed by atoms with Crippen LogP contribution in [0.3, 0.4) is 0 Å². The summed E-state index contributed by atoms with van der Waals surface area (Å²) in [5, 5.41) is 8.65. The molecule has 0 bridgehead atoms. The molecule has 2 aromatic carbocycles. The van der Waals surface area contributed by atoms with Crippen LogP contribution in [0.5, 0.6) is 0 Å². The predicted octanol–water partition coefficient (Wildman–Crippen LogP) is 3.52. The van der Waals surface area contributed by atoms with Crippen molar-refractivity contribution in [3.63, 3.8) is 0 Å². The molecule has 0 atom stereocenters. The van der Waals surface area contributed by atoms with Gasteiger partial charge in [-0.25, -0.2) is 14.2 Å². The highest BCUT2D eigenvalue weighted by atomic mass is 19.1. The molecule has 0 saturated carbocycles. The number of esters is 1. The third-order valence-electron chi connectivity index (χ3n) is 3.92. The topological polar surface area (TPSA) is 65.7 Å². The predicted molar refractivity (Wildman–Crippen MR) is 96.9 cm³/mol. The van der Waals surface area contributed by atoms with Crippen molar-refractivity contribution < 1.29 is 13.9 Å². The van der Waals surface area contributed by atoms with Crippen LogP contribution in [-0.2, 0) is 9.53 Å². The molecule has 6 heteroatoms. The fraction of sp³-hybridized carbons (Fsp3) is 0.150. The van der Waals surface area contributed by atoms with E-state index in [1.54, 1.807) is 18.2 Å². The Bertz CT molecular complexity index is 927.